The molecule has 0 aliphatic heterocycles. The second kappa shape index (κ2) is 6.91. The van der Waals surface area contributed by atoms with Crippen LogP contribution >= 0.6 is 11.3 Å². The second-order valence-electron chi connectivity index (χ2n) is 3.23. The Balaban J connectivity index is 2.89. The zero-order valence-electron chi connectivity index (χ0n) is 10.6. The molecule has 0 aliphatic rings. The standard InChI is InChI=1S/C9H14N2O6S2/c1-15-6(16-2)4-11-19(13,14)9-7(8(12)17-3)10-5-18-9/h5-6,11H,4H2,1-3H3. The van der Waals surface area contributed by atoms with E-state index in [9.17, 15) is 13.2 Å². The molecule has 10 heteroatoms. The number of aromatic nitrogens is 1. The highest BCUT2D eigenvalue weighted by atomic mass is 32.2. The van der Waals surface area contributed by atoms with Crippen LogP contribution in [0.15, 0.2) is 9.72 Å². The van der Waals surface area contributed by atoms with Gasteiger partial charge in [-0.25, -0.2) is 22.9 Å². The van der Waals surface area contributed by atoms with Crippen LogP contribution in [0.1, 0.15) is 10.5 Å². The quantitative estimate of drug-likeness (QED) is 0.550. The van der Waals surface area contributed by atoms with Crippen LogP contribution in [0, 0.1) is 0 Å². The average molecular weight is 310 g/mol. The van der Waals surface area contributed by atoms with E-state index in [1.54, 1.807) is 0 Å². The Labute approximate surface area is 114 Å². The van der Waals surface area contributed by atoms with Crippen LogP contribution < -0.4 is 4.72 Å². The molecule has 1 aromatic heterocycles. The largest absolute Gasteiger partial charge is 0.464 e. The van der Waals surface area contributed by atoms with Crippen LogP contribution in [0.25, 0.3) is 0 Å². The first-order valence-corrected chi connectivity index (χ1v) is 7.39. The number of rotatable bonds is 7. The number of hydrogen-bond acceptors (Lipinski definition) is 8. The lowest BCUT2D eigenvalue weighted by Crippen LogP contribution is -2.34. The molecule has 0 bridgehead atoms. The van der Waals surface area contributed by atoms with Crippen molar-refractivity contribution in [2.75, 3.05) is 27.9 Å². The van der Waals surface area contributed by atoms with Crippen molar-refractivity contribution >= 4 is 27.3 Å². The Bertz CT molecular complexity index is 523. The summed E-state index contributed by atoms with van der Waals surface area (Å²) in [6.45, 7) is -0.0894. The molecule has 8 nitrogen and oxygen atoms in total. The summed E-state index contributed by atoms with van der Waals surface area (Å²) in [4.78, 5) is 15.1. The Kier molecular flexibility index (Phi) is 5.82. The Morgan fingerprint density at radius 1 is 1.42 bits per heavy atom. The number of thiazole rings is 1. The molecule has 1 heterocycles. The van der Waals surface area contributed by atoms with Gasteiger partial charge in [0.1, 0.15) is 0 Å². The summed E-state index contributed by atoms with van der Waals surface area (Å²) < 4.78 is 40.3. The van der Waals surface area contributed by atoms with E-state index in [1.165, 1.54) is 19.7 Å². The summed E-state index contributed by atoms with van der Waals surface area (Å²) in [7, 11) is 0.0453. The molecule has 1 rings (SSSR count). The molecule has 0 amide bonds. The molecule has 0 saturated heterocycles. The molecule has 0 aliphatic carbocycles. The van der Waals surface area contributed by atoms with Crippen molar-refractivity contribution in [2.45, 2.75) is 10.5 Å². The zero-order chi connectivity index (χ0) is 14.5. The Morgan fingerprint density at radius 2 is 2.05 bits per heavy atom. The van der Waals surface area contributed by atoms with E-state index in [0.717, 1.165) is 18.4 Å². The molecule has 0 spiro atoms. The molecule has 0 unspecified atom stereocenters. The summed E-state index contributed by atoms with van der Waals surface area (Å²) >= 11 is 0.823. The zero-order valence-corrected chi connectivity index (χ0v) is 12.2. The minimum atomic E-state index is -3.87. The van der Waals surface area contributed by atoms with Gasteiger partial charge in [0.05, 0.1) is 19.2 Å². The number of carbonyl (C=O) groups is 1. The second-order valence-corrected chi connectivity index (χ2v) is 6.05. The van der Waals surface area contributed by atoms with Crippen molar-refractivity contribution < 1.29 is 27.4 Å². The molecular formula is C9H14N2O6S2. The lowest BCUT2D eigenvalue weighted by molar-refractivity contribution is -0.0960. The van der Waals surface area contributed by atoms with Crippen molar-refractivity contribution in [3.05, 3.63) is 11.2 Å². The fraction of sp³-hybridized carbons (Fsp3) is 0.556. The average Bonchev–Trinajstić information content (AvgIpc) is 2.89. The SMILES string of the molecule is COC(=O)c1ncsc1S(=O)(=O)NCC(OC)OC. The number of esters is 1. The number of methoxy groups -OCH3 is 3. The van der Waals surface area contributed by atoms with Gasteiger partial charge in [0.2, 0.25) is 0 Å². The first kappa shape index (κ1) is 16.0. The lowest BCUT2D eigenvalue weighted by Gasteiger charge is -2.13. The lowest BCUT2D eigenvalue weighted by atomic mass is 10.5. The van der Waals surface area contributed by atoms with Gasteiger partial charge >= 0.3 is 5.97 Å². The number of hydrogen-bond donors (Lipinski definition) is 1. The first-order chi connectivity index (χ1) is 8.96. The number of nitrogens with one attached hydrogen (secondary N) is 1. The molecule has 0 atom stereocenters. The first-order valence-electron chi connectivity index (χ1n) is 5.03. The van der Waals surface area contributed by atoms with E-state index < -0.39 is 22.3 Å². The molecule has 0 fully saturated rings. The maximum Gasteiger partial charge on any atom is 0.358 e. The maximum atomic E-state index is 12.0. The number of sulfonamides is 1. The molecule has 0 aromatic carbocycles. The fourth-order valence-corrected chi connectivity index (χ4v) is 3.36. The van der Waals surface area contributed by atoms with E-state index in [4.69, 9.17) is 9.47 Å². The van der Waals surface area contributed by atoms with Crippen LogP contribution in [0.5, 0.6) is 0 Å². The van der Waals surface area contributed by atoms with E-state index >= 15 is 0 Å². The van der Waals surface area contributed by atoms with Crippen LogP contribution in [-0.4, -0.2) is 53.5 Å². The normalized spacial score (nSPS) is 11.8. The van der Waals surface area contributed by atoms with Crippen LogP contribution in [0.3, 0.4) is 0 Å². The van der Waals surface area contributed by atoms with Crippen LogP contribution in [0.2, 0.25) is 0 Å². The third kappa shape index (κ3) is 3.94. The molecule has 1 N–H and O–H groups in total. The van der Waals surface area contributed by atoms with Gasteiger partial charge in [-0.15, -0.1) is 11.3 Å². The highest BCUT2D eigenvalue weighted by Crippen LogP contribution is 2.20. The van der Waals surface area contributed by atoms with Crippen molar-refractivity contribution in [2.24, 2.45) is 0 Å². The summed E-state index contributed by atoms with van der Waals surface area (Å²) in [5, 5.41) is 0. The van der Waals surface area contributed by atoms with Crippen LogP contribution in [-0.2, 0) is 24.2 Å². The third-order valence-electron chi connectivity index (χ3n) is 2.12. The van der Waals surface area contributed by atoms with Gasteiger partial charge in [-0.2, -0.15) is 0 Å². The van der Waals surface area contributed by atoms with Gasteiger partial charge in [-0.3, -0.25) is 0 Å². The van der Waals surface area contributed by atoms with Crippen molar-refractivity contribution in [1.82, 2.24) is 9.71 Å². The molecule has 0 radical (unpaired) electrons. The summed E-state index contributed by atoms with van der Waals surface area (Å²) in [6.07, 6.45) is -0.718. The van der Waals surface area contributed by atoms with E-state index in [2.05, 4.69) is 14.4 Å². The van der Waals surface area contributed by atoms with Gasteiger partial charge in [-0.05, 0) is 0 Å². The molecule has 1 aromatic rings. The summed E-state index contributed by atoms with van der Waals surface area (Å²) in [6, 6.07) is 0. The van der Waals surface area contributed by atoms with Gasteiger partial charge < -0.3 is 14.2 Å². The highest BCUT2D eigenvalue weighted by molar-refractivity contribution is 7.91. The molecule has 108 valence electrons. The van der Waals surface area contributed by atoms with Crippen molar-refractivity contribution in [3.63, 3.8) is 0 Å². The number of carbonyl (C=O) groups excluding carboxylic acids is 1. The van der Waals surface area contributed by atoms with Gasteiger partial charge in [0, 0.05) is 14.2 Å². The summed E-state index contributed by atoms with van der Waals surface area (Å²) in [5.41, 5.74) is 1.01. The van der Waals surface area contributed by atoms with Gasteiger partial charge in [0.25, 0.3) is 10.0 Å². The molecule has 0 saturated carbocycles. The topological polar surface area (TPSA) is 104 Å². The molecule has 19 heavy (non-hydrogen) atoms. The molecular weight excluding hydrogens is 296 g/mol. The van der Waals surface area contributed by atoms with Crippen molar-refractivity contribution in [1.29, 1.82) is 0 Å². The number of nitrogens with zero attached hydrogens (tertiary/aromatic N) is 1. The highest BCUT2D eigenvalue weighted by Gasteiger charge is 2.27. The van der Waals surface area contributed by atoms with Gasteiger partial charge in [-0.1, -0.05) is 0 Å². The predicted molar refractivity (Wildman–Crippen MR) is 66.4 cm³/mol. The van der Waals surface area contributed by atoms with Crippen molar-refractivity contribution in [3.8, 4) is 0 Å². The predicted octanol–water partition coefficient (Wildman–Crippen LogP) is -0.173. The smallest absolute Gasteiger partial charge is 0.358 e. The minimum Gasteiger partial charge on any atom is -0.464 e. The van der Waals surface area contributed by atoms with Crippen LogP contribution in [0.4, 0.5) is 0 Å². The Morgan fingerprint density at radius 3 is 2.58 bits per heavy atom. The van der Waals surface area contributed by atoms with E-state index in [-0.39, 0.29) is 16.4 Å². The number of ether oxygens (including phenoxy) is 3. The van der Waals surface area contributed by atoms with Gasteiger partial charge in [0.15, 0.2) is 16.2 Å². The third-order valence-corrected chi connectivity index (χ3v) is 4.92. The summed E-state index contributed by atoms with van der Waals surface area (Å²) in [5.74, 6) is -0.809. The maximum absolute atomic E-state index is 12.0. The van der Waals surface area contributed by atoms with E-state index in [1.807, 2.05) is 0 Å². The Hall–Kier alpha value is -1.07. The monoisotopic (exact) mass is 310 g/mol. The fourth-order valence-electron chi connectivity index (χ4n) is 1.16. The minimum absolute atomic E-state index is 0.0894. The van der Waals surface area contributed by atoms with E-state index in [0.29, 0.717) is 0 Å².